The van der Waals surface area contributed by atoms with Gasteiger partial charge in [0.05, 0.1) is 19.3 Å². The average Bonchev–Trinajstić information content (AvgIpc) is 2.97. The molecule has 0 radical (unpaired) electrons. The molecule has 8 nitrogen and oxygen atoms in total. The number of rotatable bonds is 4. The Morgan fingerprint density at radius 3 is 2.89 bits per heavy atom. The first kappa shape index (κ1) is 18.2. The quantitative estimate of drug-likeness (QED) is 0.821. The van der Waals surface area contributed by atoms with Gasteiger partial charge < -0.3 is 24.8 Å². The first-order valence-corrected chi connectivity index (χ1v) is 9.18. The van der Waals surface area contributed by atoms with E-state index in [0.717, 1.165) is 12.0 Å². The maximum atomic E-state index is 12.7. The number of amides is 2. The predicted molar refractivity (Wildman–Crippen MR) is 98.8 cm³/mol. The Hall–Kier alpha value is -3.13. The molecule has 2 amide bonds. The highest BCUT2D eigenvalue weighted by Gasteiger charge is 2.36. The third-order valence-corrected chi connectivity index (χ3v) is 4.59. The molecule has 1 aromatic carbocycles. The molecule has 2 aliphatic heterocycles. The maximum Gasteiger partial charge on any atom is 0.251 e. The van der Waals surface area contributed by atoms with Crippen LogP contribution in [0.1, 0.15) is 23.6 Å². The SMILES string of the molecule is O=C1CO[C@H](C(=O)NCc2ccc3c(c2)OCCCO3)[C@@H](c2cccnc2)N1. The van der Waals surface area contributed by atoms with E-state index in [2.05, 4.69) is 15.6 Å². The molecule has 0 spiro atoms. The van der Waals surface area contributed by atoms with Crippen LogP contribution in [0.25, 0.3) is 0 Å². The van der Waals surface area contributed by atoms with Crippen LogP contribution in [0.5, 0.6) is 11.5 Å². The largest absolute Gasteiger partial charge is 0.490 e. The molecule has 0 unspecified atom stereocenters. The minimum Gasteiger partial charge on any atom is -0.490 e. The van der Waals surface area contributed by atoms with E-state index in [4.69, 9.17) is 14.2 Å². The summed E-state index contributed by atoms with van der Waals surface area (Å²) in [4.78, 5) is 28.5. The summed E-state index contributed by atoms with van der Waals surface area (Å²) in [6, 6.07) is 8.56. The Labute approximate surface area is 162 Å². The summed E-state index contributed by atoms with van der Waals surface area (Å²) in [6.45, 7) is 1.39. The van der Waals surface area contributed by atoms with Crippen molar-refractivity contribution in [3.05, 3.63) is 53.9 Å². The molecule has 0 saturated carbocycles. The zero-order valence-electron chi connectivity index (χ0n) is 15.2. The second-order valence-electron chi connectivity index (χ2n) is 6.61. The molecule has 2 aromatic rings. The molecule has 0 aliphatic carbocycles. The van der Waals surface area contributed by atoms with Gasteiger partial charge in [0.25, 0.3) is 5.91 Å². The van der Waals surface area contributed by atoms with Crippen molar-refractivity contribution in [3.8, 4) is 11.5 Å². The molecule has 1 aromatic heterocycles. The number of morpholine rings is 1. The molecule has 1 fully saturated rings. The lowest BCUT2D eigenvalue weighted by Gasteiger charge is -2.31. The van der Waals surface area contributed by atoms with Gasteiger partial charge in [0.1, 0.15) is 6.61 Å². The number of hydrogen-bond acceptors (Lipinski definition) is 6. The summed E-state index contributed by atoms with van der Waals surface area (Å²) in [5.41, 5.74) is 1.60. The minimum atomic E-state index is -0.831. The Morgan fingerprint density at radius 1 is 1.21 bits per heavy atom. The summed E-state index contributed by atoms with van der Waals surface area (Å²) >= 11 is 0. The van der Waals surface area contributed by atoms with Gasteiger partial charge in [-0.15, -0.1) is 0 Å². The van der Waals surface area contributed by atoms with E-state index < -0.39 is 12.1 Å². The van der Waals surface area contributed by atoms with Crippen LogP contribution >= 0.6 is 0 Å². The smallest absolute Gasteiger partial charge is 0.251 e. The van der Waals surface area contributed by atoms with Crippen LogP contribution in [0, 0.1) is 0 Å². The Balaban J connectivity index is 1.44. The van der Waals surface area contributed by atoms with E-state index in [9.17, 15) is 9.59 Å². The highest BCUT2D eigenvalue weighted by atomic mass is 16.5. The standard InChI is InChI=1S/C20H21N3O5/c24-17-12-28-19(18(23-17)14-3-1-6-21-11-14)20(25)22-10-13-4-5-15-16(9-13)27-8-2-7-26-15/h1,3-6,9,11,18-19H,2,7-8,10,12H2,(H,22,25)(H,23,24)/t18-,19+/m1/s1. The molecule has 1 saturated heterocycles. The van der Waals surface area contributed by atoms with Gasteiger partial charge in [-0.05, 0) is 29.3 Å². The van der Waals surface area contributed by atoms with Gasteiger partial charge in [0, 0.05) is 25.4 Å². The summed E-state index contributed by atoms with van der Waals surface area (Å²) in [6.07, 6.45) is 3.25. The number of nitrogens with zero attached hydrogens (tertiary/aromatic N) is 1. The zero-order chi connectivity index (χ0) is 19.3. The van der Waals surface area contributed by atoms with Gasteiger partial charge in [-0.1, -0.05) is 12.1 Å². The third kappa shape index (κ3) is 4.07. The number of benzene rings is 1. The Morgan fingerprint density at radius 2 is 2.07 bits per heavy atom. The fourth-order valence-electron chi connectivity index (χ4n) is 3.21. The van der Waals surface area contributed by atoms with Crippen LogP contribution in [-0.2, 0) is 20.9 Å². The third-order valence-electron chi connectivity index (χ3n) is 4.59. The lowest BCUT2D eigenvalue weighted by atomic mass is 10.0. The van der Waals surface area contributed by atoms with Gasteiger partial charge in [-0.2, -0.15) is 0 Å². The van der Waals surface area contributed by atoms with Crippen molar-refractivity contribution in [3.63, 3.8) is 0 Å². The highest BCUT2D eigenvalue weighted by molar-refractivity contribution is 5.86. The fraction of sp³-hybridized carbons (Fsp3) is 0.350. The molecule has 146 valence electrons. The number of carbonyl (C=O) groups excluding carboxylic acids is 2. The first-order valence-electron chi connectivity index (χ1n) is 9.18. The van der Waals surface area contributed by atoms with Crippen molar-refractivity contribution in [2.45, 2.75) is 25.1 Å². The lowest BCUT2D eigenvalue weighted by molar-refractivity contribution is -0.148. The highest BCUT2D eigenvalue weighted by Crippen LogP contribution is 2.30. The van der Waals surface area contributed by atoms with Crippen LogP contribution in [0.4, 0.5) is 0 Å². The van der Waals surface area contributed by atoms with Crippen LogP contribution in [0.3, 0.4) is 0 Å². The van der Waals surface area contributed by atoms with Gasteiger partial charge in [-0.3, -0.25) is 14.6 Å². The molecule has 0 bridgehead atoms. The number of aromatic nitrogens is 1. The van der Waals surface area contributed by atoms with Gasteiger partial charge in [-0.25, -0.2) is 0 Å². The van der Waals surface area contributed by atoms with Crippen LogP contribution in [-0.4, -0.2) is 42.7 Å². The summed E-state index contributed by atoms with van der Waals surface area (Å²) in [5.74, 6) is 0.822. The van der Waals surface area contributed by atoms with Crippen LogP contribution < -0.4 is 20.1 Å². The van der Waals surface area contributed by atoms with Crippen molar-refractivity contribution in [2.75, 3.05) is 19.8 Å². The second-order valence-corrected chi connectivity index (χ2v) is 6.61. The van der Waals surface area contributed by atoms with E-state index in [1.165, 1.54) is 0 Å². The number of fused-ring (bicyclic) bond motifs is 1. The number of carbonyl (C=O) groups is 2. The van der Waals surface area contributed by atoms with Gasteiger partial charge in [0.2, 0.25) is 5.91 Å². The van der Waals surface area contributed by atoms with E-state index >= 15 is 0 Å². The fourth-order valence-corrected chi connectivity index (χ4v) is 3.21. The van der Waals surface area contributed by atoms with Crippen molar-refractivity contribution >= 4 is 11.8 Å². The number of ether oxygens (including phenoxy) is 3. The number of hydrogen-bond donors (Lipinski definition) is 2. The Kier molecular flexibility index (Phi) is 5.38. The summed E-state index contributed by atoms with van der Waals surface area (Å²) in [5, 5.41) is 5.68. The molecule has 3 heterocycles. The van der Waals surface area contributed by atoms with E-state index in [-0.39, 0.29) is 18.4 Å². The predicted octanol–water partition coefficient (Wildman–Crippen LogP) is 1.12. The maximum absolute atomic E-state index is 12.7. The monoisotopic (exact) mass is 383 g/mol. The molecule has 2 aliphatic rings. The molecule has 2 N–H and O–H groups in total. The topological polar surface area (TPSA) is 98.8 Å². The molecular formula is C20H21N3O5. The second kappa shape index (κ2) is 8.26. The molecule has 4 rings (SSSR count). The number of nitrogens with one attached hydrogen (secondary N) is 2. The first-order chi connectivity index (χ1) is 13.7. The van der Waals surface area contributed by atoms with Crippen molar-refractivity contribution in [1.29, 1.82) is 0 Å². The normalized spacial score (nSPS) is 21.4. The van der Waals surface area contributed by atoms with Crippen molar-refractivity contribution in [2.24, 2.45) is 0 Å². The summed E-state index contributed by atoms with van der Waals surface area (Å²) < 4.78 is 16.8. The number of pyridine rings is 1. The molecule has 28 heavy (non-hydrogen) atoms. The van der Waals surface area contributed by atoms with E-state index in [0.29, 0.717) is 36.8 Å². The van der Waals surface area contributed by atoms with E-state index in [1.807, 2.05) is 18.2 Å². The molecular weight excluding hydrogens is 362 g/mol. The van der Waals surface area contributed by atoms with Crippen molar-refractivity contribution < 1.29 is 23.8 Å². The molecule has 8 heteroatoms. The van der Waals surface area contributed by atoms with E-state index in [1.54, 1.807) is 24.5 Å². The van der Waals surface area contributed by atoms with Gasteiger partial charge in [0.15, 0.2) is 17.6 Å². The lowest BCUT2D eigenvalue weighted by Crippen LogP contribution is -2.52. The van der Waals surface area contributed by atoms with Crippen LogP contribution in [0.2, 0.25) is 0 Å². The molecule has 2 atom stereocenters. The van der Waals surface area contributed by atoms with Crippen molar-refractivity contribution in [1.82, 2.24) is 15.6 Å². The Bertz CT molecular complexity index is 858. The minimum absolute atomic E-state index is 0.154. The summed E-state index contributed by atoms with van der Waals surface area (Å²) in [7, 11) is 0. The zero-order valence-corrected chi connectivity index (χ0v) is 15.2. The van der Waals surface area contributed by atoms with Crippen LogP contribution in [0.15, 0.2) is 42.7 Å². The van der Waals surface area contributed by atoms with Gasteiger partial charge >= 0.3 is 0 Å². The average molecular weight is 383 g/mol.